The van der Waals surface area contributed by atoms with Crippen LogP contribution in [0.5, 0.6) is 0 Å². The van der Waals surface area contributed by atoms with Crippen molar-refractivity contribution in [3.63, 3.8) is 0 Å². The highest BCUT2D eigenvalue weighted by Gasteiger charge is 2.22. The molecule has 0 aliphatic carbocycles. The van der Waals surface area contributed by atoms with Crippen LogP contribution in [0.15, 0.2) is 4.42 Å². The molecule has 0 unspecified atom stereocenters. The molecule has 112 valence electrons. The lowest BCUT2D eigenvalue weighted by molar-refractivity contribution is -0.104. The molecule has 2 N–H and O–H groups in total. The number of Topliss-reactive ketones (excluding diaryl/α,β-unsaturated/α-hetero) is 1. The van der Waals surface area contributed by atoms with Crippen molar-refractivity contribution in [3.05, 3.63) is 16.9 Å². The molecule has 0 aliphatic rings. The van der Waals surface area contributed by atoms with Crippen LogP contribution in [0.25, 0.3) is 0 Å². The summed E-state index contributed by atoms with van der Waals surface area (Å²) >= 11 is 0. The van der Waals surface area contributed by atoms with Crippen LogP contribution in [0.2, 0.25) is 0 Å². The molecule has 0 spiro atoms. The Hall–Kier alpha value is -1.58. The van der Waals surface area contributed by atoms with Gasteiger partial charge in [0.2, 0.25) is 0 Å². The summed E-state index contributed by atoms with van der Waals surface area (Å²) in [7, 11) is 0. The second-order valence-electron chi connectivity index (χ2n) is 5.15. The SMILES string of the molecule is CCCCCc1c(N)oc(C(=O)C=O)c1CCCCC. The van der Waals surface area contributed by atoms with Gasteiger partial charge in [-0.25, -0.2) is 0 Å². The molecule has 0 atom stereocenters. The van der Waals surface area contributed by atoms with Crippen molar-refractivity contribution in [1.82, 2.24) is 0 Å². The average molecular weight is 279 g/mol. The van der Waals surface area contributed by atoms with Gasteiger partial charge in [0.25, 0.3) is 5.78 Å². The first-order valence-corrected chi connectivity index (χ1v) is 7.55. The summed E-state index contributed by atoms with van der Waals surface area (Å²) in [5.74, 6) is -0.150. The molecular formula is C16H25NO3. The fourth-order valence-corrected chi connectivity index (χ4v) is 2.41. The molecule has 0 bridgehead atoms. The van der Waals surface area contributed by atoms with Gasteiger partial charge in [-0.05, 0) is 25.7 Å². The zero-order valence-corrected chi connectivity index (χ0v) is 12.5. The van der Waals surface area contributed by atoms with Crippen molar-refractivity contribution < 1.29 is 14.0 Å². The second-order valence-corrected chi connectivity index (χ2v) is 5.15. The Kier molecular flexibility index (Phi) is 7.05. The van der Waals surface area contributed by atoms with Crippen molar-refractivity contribution >= 4 is 18.0 Å². The van der Waals surface area contributed by atoms with Gasteiger partial charge < -0.3 is 10.2 Å². The molecule has 0 aliphatic heterocycles. The Morgan fingerprint density at radius 3 is 2.10 bits per heavy atom. The topological polar surface area (TPSA) is 73.3 Å². The monoisotopic (exact) mass is 279 g/mol. The van der Waals surface area contributed by atoms with Gasteiger partial charge in [0.15, 0.2) is 17.9 Å². The number of rotatable bonds is 10. The van der Waals surface area contributed by atoms with Crippen LogP contribution in [0.1, 0.15) is 74.1 Å². The summed E-state index contributed by atoms with van der Waals surface area (Å²) in [5, 5.41) is 0. The first-order chi connectivity index (χ1) is 9.65. The van der Waals surface area contributed by atoms with Gasteiger partial charge in [-0.3, -0.25) is 9.59 Å². The molecule has 1 aromatic heterocycles. The number of hydrogen-bond acceptors (Lipinski definition) is 4. The van der Waals surface area contributed by atoms with E-state index in [4.69, 9.17) is 10.2 Å². The van der Waals surface area contributed by atoms with Gasteiger partial charge in [0.05, 0.1) is 0 Å². The van der Waals surface area contributed by atoms with Gasteiger partial charge in [0.1, 0.15) is 0 Å². The van der Waals surface area contributed by atoms with Gasteiger partial charge in [-0.15, -0.1) is 0 Å². The Morgan fingerprint density at radius 1 is 1.05 bits per heavy atom. The Balaban J connectivity index is 2.96. The van der Waals surface area contributed by atoms with Crippen molar-refractivity contribution in [1.29, 1.82) is 0 Å². The van der Waals surface area contributed by atoms with Crippen LogP contribution in [-0.2, 0) is 17.6 Å². The zero-order valence-electron chi connectivity index (χ0n) is 12.5. The molecule has 0 radical (unpaired) electrons. The van der Waals surface area contributed by atoms with E-state index >= 15 is 0 Å². The lowest BCUT2D eigenvalue weighted by Gasteiger charge is -2.04. The molecule has 20 heavy (non-hydrogen) atoms. The van der Waals surface area contributed by atoms with Gasteiger partial charge in [-0.1, -0.05) is 39.5 Å². The van der Waals surface area contributed by atoms with Crippen LogP contribution in [-0.4, -0.2) is 12.1 Å². The van der Waals surface area contributed by atoms with E-state index in [0.717, 1.165) is 62.5 Å². The third-order valence-electron chi connectivity index (χ3n) is 3.54. The molecule has 0 amide bonds. The van der Waals surface area contributed by atoms with E-state index in [2.05, 4.69) is 13.8 Å². The largest absolute Gasteiger partial charge is 0.437 e. The quantitative estimate of drug-likeness (QED) is 0.307. The molecular weight excluding hydrogens is 254 g/mol. The number of furan rings is 1. The maximum absolute atomic E-state index is 11.6. The van der Waals surface area contributed by atoms with Gasteiger partial charge in [0, 0.05) is 11.1 Å². The Bertz CT molecular complexity index is 449. The minimum absolute atomic E-state index is 0.153. The van der Waals surface area contributed by atoms with E-state index in [1.807, 2.05) is 0 Å². The maximum Gasteiger partial charge on any atom is 0.260 e. The molecule has 1 aromatic rings. The lowest BCUT2D eigenvalue weighted by Crippen LogP contribution is -2.04. The number of nitrogens with two attached hydrogens (primary N) is 1. The molecule has 0 saturated carbocycles. The van der Waals surface area contributed by atoms with Gasteiger partial charge in [-0.2, -0.15) is 0 Å². The Labute approximate surface area is 120 Å². The summed E-state index contributed by atoms with van der Waals surface area (Å²) in [6.45, 7) is 4.27. The number of aldehydes is 1. The highest BCUT2D eigenvalue weighted by molar-refractivity contribution is 6.32. The van der Waals surface area contributed by atoms with Crippen molar-refractivity contribution in [2.24, 2.45) is 0 Å². The maximum atomic E-state index is 11.6. The highest BCUT2D eigenvalue weighted by Crippen LogP contribution is 2.29. The van der Waals surface area contributed by atoms with Crippen LogP contribution in [0, 0.1) is 0 Å². The predicted molar refractivity (Wildman–Crippen MR) is 80.0 cm³/mol. The normalized spacial score (nSPS) is 10.7. The van der Waals surface area contributed by atoms with E-state index in [9.17, 15) is 9.59 Å². The second kappa shape index (κ2) is 8.56. The molecule has 4 nitrogen and oxygen atoms in total. The van der Waals surface area contributed by atoms with E-state index in [1.165, 1.54) is 0 Å². The first kappa shape index (κ1) is 16.5. The molecule has 0 fully saturated rings. The van der Waals surface area contributed by atoms with Crippen LogP contribution in [0.4, 0.5) is 5.88 Å². The lowest BCUT2D eigenvalue weighted by atomic mass is 9.97. The number of carbonyl (C=O) groups is 2. The minimum atomic E-state index is -0.607. The van der Waals surface area contributed by atoms with Gasteiger partial charge >= 0.3 is 0 Å². The van der Waals surface area contributed by atoms with Crippen molar-refractivity contribution in [3.8, 4) is 0 Å². The number of nitrogen functional groups attached to an aromatic ring is 1. The highest BCUT2D eigenvalue weighted by atomic mass is 16.4. The number of ketones is 1. The summed E-state index contributed by atoms with van der Waals surface area (Å²) in [6.07, 6.45) is 8.33. The molecule has 1 rings (SSSR count). The summed E-state index contributed by atoms with van der Waals surface area (Å²) in [6, 6.07) is 0. The smallest absolute Gasteiger partial charge is 0.260 e. The van der Waals surface area contributed by atoms with Crippen LogP contribution >= 0.6 is 0 Å². The number of anilines is 1. The van der Waals surface area contributed by atoms with Crippen LogP contribution < -0.4 is 5.73 Å². The minimum Gasteiger partial charge on any atom is -0.437 e. The predicted octanol–water partition coefficient (Wildman–Crippen LogP) is 3.71. The fraction of sp³-hybridized carbons (Fsp3) is 0.625. The molecule has 4 heteroatoms. The fourth-order valence-electron chi connectivity index (χ4n) is 2.41. The standard InChI is InChI=1S/C16H25NO3/c1-3-5-7-9-12-13(10-8-6-4-2)16(17)20-15(12)14(19)11-18/h11H,3-10,17H2,1-2H3. The van der Waals surface area contributed by atoms with E-state index < -0.39 is 5.78 Å². The summed E-state index contributed by atoms with van der Waals surface area (Å²) in [5.41, 5.74) is 7.67. The van der Waals surface area contributed by atoms with E-state index in [-0.39, 0.29) is 5.76 Å². The first-order valence-electron chi connectivity index (χ1n) is 7.55. The van der Waals surface area contributed by atoms with Crippen molar-refractivity contribution in [2.75, 3.05) is 5.73 Å². The molecule has 0 saturated heterocycles. The van der Waals surface area contributed by atoms with Crippen LogP contribution in [0.3, 0.4) is 0 Å². The summed E-state index contributed by atoms with van der Waals surface area (Å²) < 4.78 is 5.36. The molecule has 0 aromatic carbocycles. The number of hydrogen-bond donors (Lipinski definition) is 1. The summed E-state index contributed by atoms with van der Waals surface area (Å²) in [4.78, 5) is 22.4. The molecule has 1 heterocycles. The third kappa shape index (κ3) is 4.22. The zero-order chi connectivity index (χ0) is 15.0. The Morgan fingerprint density at radius 2 is 1.60 bits per heavy atom. The third-order valence-corrected chi connectivity index (χ3v) is 3.54. The van der Waals surface area contributed by atoms with E-state index in [0.29, 0.717) is 12.2 Å². The average Bonchev–Trinajstić information content (AvgIpc) is 2.76. The van der Waals surface area contributed by atoms with Crippen molar-refractivity contribution in [2.45, 2.75) is 65.2 Å². The number of unbranched alkanes of at least 4 members (excludes halogenated alkanes) is 4. The van der Waals surface area contributed by atoms with E-state index in [1.54, 1.807) is 0 Å². The number of carbonyl (C=O) groups excluding carboxylic acids is 2.